The van der Waals surface area contributed by atoms with Gasteiger partial charge < -0.3 is 5.32 Å². The van der Waals surface area contributed by atoms with Crippen LogP contribution in [0.4, 0.5) is 10.1 Å². The molecule has 0 aliphatic rings. The van der Waals surface area contributed by atoms with Crippen LogP contribution in [-0.4, -0.2) is 6.04 Å². The first kappa shape index (κ1) is 11.8. The first-order valence-electron chi connectivity index (χ1n) is 4.85. The zero-order valence-electron chi connectivity index (χ0n) is 8.48. The second-order valence-corrected chi connectivity index (χ2v) is 4.62. The minimum Gasteiger partial charge on any atom is -0.382 e. The van der Waals surface area contributed by atoms with Crippen LogP contribution in [0.25, 0.3) is 0 Å². The molecule has 3 heteroatoms. The molecule has 0 fully saturated rings. The minimum absolute atomic E-state index is 0.178. The summed E-state index contributed by atoms with van der Waals surface area (Å²) in [5.74, 6) is -0.178. The molecule has 1 rings (SSSR count). The molecular weight excluding hydrogens is 292 g/mol. The van der Waals surface area contributed by atoms with Gasteiger partial charge in [0.1, 0.15) is 5.82 Å². The van der Waals surface area contributed by atoms with Crippen LogP contribution >= 0.6 is 22.6 Å². The van der Waals surface area contributed by atoms with Gasteiger partial charge in [0.05, 0.1) is 0 Å². The predicted octanol–water partition coefficient (Wildman–Crippen LogP) is 4.03. The SMILES string of the molecule is CCCC(C)Nc1ccc(F)cc1I. The molecule has 1 unspecified atom stereocenters. The Hall–Kier alpha value is -0.320. The molecule has 1 aromatic carbocycles. The van der Waals surface area contributed by atoms with Crippen LogP contribution in [0.1, 0.15) is 26.7 Å². The van der Waals surface area contributed by atoms with E-state index in [1.807, 2.05) is 0 Å². The summed E-state index contributed by atoms with van der Waals surface area (Å²) in [6, 6.07) is 5.27. The standard InChI is InChI=1S/C11H15FIN/c1-3-4-8(2)14-11-6-5-9(12)7-10(11)13/h5-8,14H,3-4H2,1-2H3. The van der Waals surface area contributed by atoms with Gasteiger partial charge in [-0.15, -0.1) is 0 Å². The third-order valence-electron chi connectivity index (χ3n) is 2.05. The maximum absolute atomic E-state index is 12.8. The summed E-state index contributed by atoms with van der Waals surface area (Å²) in [5, 5.41) is 3.36. The molecule has 0 saturated heterocycles. The molecule has 0 bridgehead atoms. The summed E-state index contributed by atoms with van der Waals surface area (Å²) in [6.07, 6.45) is 2.29. The van der Waals surface area contributed by atoms with Crippen LogP contribution in [0.5, 0.6) is 0 Å². The van der Waals surface area contributed by atoms with Crippen molar-refractivity contribution in [2.45, 2.75) is 32.7 Å². The Labute approximate surface area is 98.2 Å². The van der Waals surface area contributed by atoms with Gasteiger partial charge >= 0.3 is 0 Å². The van der Waals surface area contributed by atoms with Crippen LogP contribution < -0.4 is 5.32 Å². The summed E-state index contributed by atoms with van der Waals surface area (Å²) < 4.78 is 13.7. The van der Waals surface area contributed by atoms with Crippen molar-refractivity contribution in [3.63, 3.8) is 0 Å². The molecule has 0 heterocycles. The van der Waals surface area contributed by atoms with Crippen LogP contribution in [0.2, 0.25) is 0 Å². The predicted molar refractivity (Wildman–Crippen MR) is 67.1 cm³/mol. The summed E-state index contributed by atoms with van der Waals surface area (Å²) in [4.78, 5) is 0. The third-order valence-corrected chi connectivity index (χ3v) is 2.95. The zero-order chi connectivity index (χ0) is 10.6. The lowest BCUT2D eigenvalue weighted by Crippen LogP contribution is -2.15. The zero-order valence-corrected chi connectivity index (χ0v) is 10.6. The molecule has 0 aromatic heterocycles. The third kappa shape index (κ3) is 3.44. The Balaban J connectivity index is 2.67. The number of nitrogens with one attached hydrogen (secondary N) is 1. The average Bonchev–Trinajstić information content (AvgIpc) is 2.10. The van der Waals surface area contributed by atoms with Gasteiger partial charge in [-0.2, -0.15) is 0 Å². The normalized spacial score (nSPS) is 12.6. The van der Waals surface area contributed by atoms with Gasteiger partial charge in [-0.1, -0.05) is 13.3 Å². The molecule has 78 valence electrons. The van der Waals surface area contributed by atoms with Gasteiger partial charge in [0, 0.05) is 15.3 Å². The molecule has 0 aliphatic carbocycles. The smallest absolute Gasteiger partial charge is 0.124 e. The highest BCUT2D eigenvalue weighted by Gasteiger charge is 2.04. The van der Waals surface area contributed by atoms with E-state index < -0.39 is 0 Å². The molecule has 0 spiro atoms. The molecule has 1 atom stereocenters. The maximum Gasteiger partial charge on any atom is 0.124 e. The summed E-state index contributed by atoms with van der Waals surface area (Å²) in [5.41, 5.74) is 1.02. The molecule has 1 N–H and O–H groups in total. The summed E-state index contributed by atoms with van der Waals surface area (Å²) in [6.45, 7) is 4.30. The highest BCUT2D eigenvalue weighted by atomic mass is 127. The van der Waals surface area contributed by atoms with E-state index >= 15 is 0 Å². The topological polar surface area (TPSA) is 12.0 Å². The van der Waals surface area contributed by atoms with E-state index in [1.54, 1.807) is 12.1 Å². The van der Waals surface area contributed by atoms with Gasteiger partial charge in [0.15, 0.2) is 0 Å². The monoisotopic (exact) mass is 307 g/mol. The van der Waals surface area contributed by atoms with Crippen molar-refractivity contribution in [3.8, 4) is 0 Å². The molecule has 0 amide bonds. The largest absolute Gasteiger partial charge is 0.382 e. The minimum atomic E-state index is -0.178. The second kappa shape index (κ2) is 5.53. The Morgan fingerprint density at radius 1 is 1.50 bits per heavy atom. The number of hydrogen-bond acceptors (Lipinski definition) is 1. The number of benzene rings is 1. The number of anilines is 1. The lowest BCUT2D eigenvalue weighted by Gasteiger charge is -2.15. The maximum atomic E-state index is 12.8. The fourth-order valence-corrected chi connectivity index (χ4v) is 2.01. The highest BCUT2D eigenvalue weighted by molar-refractivity contribution is 14.1. The molecule has 0 saturated carbocycles. The van der Waals surface area contributed by atoms with Crippen LogP contribution in [0.15, 0.2) is 18.2 Å². The highest BCUT2D eigenvalue weighted by Crippen LogP contribution is 2.20. The second-order valence-electron chi connectivity index (χ2n) is 3.46. The van der Waals surface area contributed by atoms with Crippen molar-refractivity contribution >= 4 is 28.3 Å². The van der Waals surface area contributed by atoms with Crippen molar-refractivity contribution < 1.29 is 4.39 Å². The molecule has 1 nitrogen and oxygen atoms in total. The van der Waals surface area contributed by atoms with Crippen LogP contribution in [0.3, 0.4) is 0 Å². The van der Waals surface area contributed by atoms with Gasteiger partial charge in [0.2, 0.25) is 0 Å². The first-order chi connectivity index (χ1) is 6.63. The van der Waals surface area contributed by atoms with Crippen LogP contribution in [0, 0.1) is 9.39 Å². The first-order valence-corrected chi connectivity index (χ1v) is 5.93. The van der Waals surface area contributed by atoms with E-state index in [0.717, 1.165) is 22.1 Å². The Morgan fingerprint density at radius 2 is 2.21 bits per heavy atom. The average molecular weight is 307 g/mol. The van der Waals surface area contributed by atoms with Crippen molar-refractivity contribution in [1.29, 1.82) is 0 Å². The fraction of sp³-hybridized carbons (Fsp3) is 0.455. The number of halogens is 2. The molecule has 1 aromatic rings. The molecule has 14 heavy (non-hydrogen) atoms. The Bertz CT molecular complexity index is 301. The van der Waals surface area contributed by atoms with E-state index in [4.69, 9.17) is 0 Å². The summed E-state index contributed by atoms with van der Waals surface area (Å²) in [7, 11) is 0. The number of rotatable bonds is 4. The lowest BCUT2D eigenvalue weighted by atomic mass is 10.2. The Morgan fingerprint density at radius 3 is 2.79 bits per heavy atom. The van der Waals surface area contributed by atoms with E-state index in [0.29, 0.717) is 6.04 Å². The lowest BCUT2D eigenvalue weighted by molar-refractivity contribution is 0.626. The van der Waals surface area contributed by atoms with Crippen LogP contribution in [-0.2, 0) is 0 Å². The van der Waals surface area contributed by atoms with Gasteiger partial charge in [0.25, 0.3) is 0 Å². The molecule has 0 radical (unpaired) electrons. The summed E-state index contributed by atoms with van der Waals surface area (Å²) >= 11 is 2.15. The Kier molecular flexibility index (Phi) is 4.65. The van der Waals surface area contributed by atoms with Gasteiger partial charge in [-0.3, -0.25) is 0 Å². The quantitative estimate of drug-likeness (QED) is 0.828. The van der Waals surface area contributed by atoms with E-state index in [2.05, 4.69) is 41.8 Å². The van der Waals surface area contributed by atoms with Crippen molar-refractivity contribution in [2.75, 3.05) is 5.32 Å². The molecule has 0 aliphatic heterocycles. The van der Waals surface area contributed by atoms with E-state index in [9.17, 15) is 4.39 Å². The molecular formula is C11H15FIN. The van der Waals surface area contributed by atoms with Crippen molar-refractivity contribution in [2.24, 2.45) is 0 Å². The fourth-order valence-electron chi connectivity index (χ4n) is 1.38. The van der Waals surface area contributed by atoms with E-state index in [1.165, 1.54) is 6.07 Å². The number of hydrogen-bond donors (Lipinski definition) is 1. The van der Waals surface area contributed by atoms with Crippen molar-refractivity contribution in [3.05, 3.63) is 27.6 Å². The van der Waals surface area contributed by atoms with Gasteiger partial charge in [-0.25, -0.2) is 4.39 Å². The van der Waals surface area contributed by atoms with Crippen molar-refractivity contribution in [1.82, 2.24) is 0 Å². The van der Waals surface area contributed by atoms with E-state index in [-0.39, 0.29) is 5.82 Å². The van der Waals surface area contributed by atoms with Gasteiger partial charge in [-0.05, 0) is 54.1 Å².